The van der Waals surface area contributed by atoms with E-state index in [9.17, 15) is 0 Å². The van der Waals surface area contributed by atoms with Gasteiger partial charge in [-0.05, 0) is 66.7 Å². The number of hydrogen-bond donors (Lipinski definition) is 0. The van der Waals surface area contributed by atoms with E-state index in [1.165, 1.54) is 42.4 Å². The van der Waals surface area contributed by atoms with E-state index in [1.807, 2.05) is 12.3 Å². The quantitative estimate of drug-likeness (QED) is 0.593. The molecule has 1 aromatic heterocycles. The number of aromatic nitrogens is 1. The van der Waals surface area contributed by atoms with Gasteiger partial charge in [-0.15, -0.1) is 0 Å². The van der Waals surface area contributed by atoms with Gasteiger partial charge in [0.15, 0.2) is 0 Å². The van der Waals surface area contributed by atoms with Crippen LogP contribution in [0.25, 0.3) is 0 Å². The molecule has 0 aliphatic heterocycles. The summed E-state index contributed by atoms with van der Waals surface area (Å²) in [6.45, 7) is 2.20. The number of halogens is 2. The number of nitrogens with zero attached hydrogens (tertiary/aromatic N) is 1. The summed E-state index contributed by atoms with van der Waals surface area (Å²) < 4.78 is 0. The molecule has 116 valence electrons. The lowest BCUT2D eigenvalue weighted by Crippen LogP contribution is -2.12. The van der Waals surface area contributed by atoms with Crippen LogP contribution >= 0.6 is 23.2 Å². The Hall–Kier alpha value is -1.05. The molecular formula is C19H21Cl2N. The van der Waals surface area contributed by atoms with Crippen LogP contribution in [0, 0.1) is 0 Å². The molecule has 1 aromatic carbocycles. The molecular weight excluding hydrogens is 313 g/mol. The fraction of sp³-hybridized carbons (Fsp3) is 0.421. The third kappa shape index (κ3) is 3.47. The van der Waals surface area contributed by atoms with E-state index in [0.29, 0.717) is 22.0 Å². The number of rotatable bonds is 3. The van der Waals surface area contributed by atoms with Crippen molar-refractivity contribution in [2.75, 3.05) is 0 Å². The first-order valence-electron chi connectivity index (χ1n) is 8.07. The summed E-state index contributed by atoms with van der Waals surface area (Å²) in [5, 5.41) is 0.964. The van der Waals surface area contributed by atoms with Crippen molar-refractivity contribution in [3.8, 4) is 0 Å². The summed E-state index contributed by atoms with van der Waals surface area (Å²) in [5.41, 5.74) is 4.14. The molecule has 1 aliphatic rings. The zero-order valence-corrected chi connectivity index (χ0v) is 14.4. The van der Waals surface area contributed by atoms with Crippen LogP contribution in [0.15, 0.2) is 36.5 Å². The first kappa shape index (κ1) is 15.8. The number of pyridine rings is 1. The monoisotopic (exact) mass is 333 g/mol. The van der Waals surface area contributed by atoms with Gasteiger partial charge in [-0.25, -0.2) is 4.98 Å². The summed E-state index contributed by atoms with van der Waals surface area (Å²) in [4.78, 5) is 4.18. The zero-order valence-electron chi connectivity index (χ0n) is 12.9. The lowest BCUT2D eigenvalue weighted by molar-refractivity contribution is 0.396. The van der Waals surface area contributed by atoms with Crippen LogP contribution in [0.1, 0.15) is 61.1 Å². The minimum atomic E-state index is 0.398. The second-order valence-electron chi connectivity index (χ2n) is 6.18. The predicted molar refractivity (Wildman–Crippen MR) is 94.0 cm³/mol. The highest BCUT2D eigenvalue weighted by Crippen LogP contribution is 2.41. The smallest absolute Gasteiger partial charge is 0.147 e. The van der Waals surface area contributed by atoms with Crippen molar-refractivity contribution in [2.24, 2.45) is 0 Å². The number of benzene rings is 1. The van der Waals surface area contributed by atoms with E-state index in [4.69, 9.17) is 23.2 Å². The number of aryl methyl sites for hydroxylation is 1. The topological polar surface area (TPSA) is 12.9 Å². The van der Waals surface area contributed by atoms with Gasteiger partial charge < -0.3 is 0 Å². The molecule has 1 nitrogen and oxygen atoms in total. The molecule has 0 radical (unpaired) electrons. The van der Waals surface area contributed by atoms with Gasteiger partial charge in [0.2, 0.25) is 0 Å². The van der Waals surface area contributed by atoms with Crippen molar-refractivity contribution in [1.82, 2.24) is 4.98 Å². The number of hydrogen-bond acceptors (Lipinski definition) is 1. The fourth-order valence-corrected chi connectivity index (χ4v) is 3.72. The summed E-state index contributed by atoms with van der Waals surface area (Å²) in [6, 6.07) is 11.1. The maximum Gasteiger partial charge on any atom is 0.147 e. The van der Waals surface area contributed by atoms with Crippen molar-refractivity contribution in [3.63, 3.8) is 0 Å². The van der Waals surface area contributed by atoms with Crippen LogP contribution in [0.3, 0.4) is 0 Å². The van der Waals surface area contributed by atoms with Crippen molar-refractivity contribution < 1.29 is 0 Å². The largest absolute Gasteiger partial charge is 0.243 e. The Morgan fingerprint density at radius 3 is 2.09 bits per heavy atom. The first-order valence-corrected chi connectivity index (χ1v) is 8.82. The van der Waals surface area contributed by atoms with Gasteiger partial charge in [0, 0.05) is 6.20 Å². The van der Waals surface area contributed by atoms with Gasteiger partial charge in [-0.3, -0.25) is 0 Å². The standard InChI is InChI=1S/C19H21Cl2N/c1-2-13-3-5-14(6-4-13)15-7-9-16(10-8-15)17-11-18(20)19(21)22-12-17/h3-6,11-12,15-16H,2,7-10H2,1H3. The minimum Gasteiger partial charge on any atom is -0.243 e. The second kappa shape index (κ2) is 7.02. The lowest BCUT2D eigenvalue weighted by atomic mass is 9.76. The molecule has 3 rings (SSSR count). The van der Waals surface area contributed by atoms with Crippen LogP contribution in [0.4, 0.5) is 0 Å². The predicted octanol–water partition coefficient (Wildman–Crippen LogP) is 6.39. The van der Waals surface area contributed by atoms with E-state index in [1.54, 1.807) is 0 Å². The molecule has 1 heterocycles. The Morgan fingerprint density at radius 1 is 0.955 bits per heavy atom. The van der Waals surface area contributed by atoms with Gasteiger partial charge in [-0.1, -0.05) is 54.4 Å². The lowest BCUT2D eigenvalue weighted by Gasteiger charge is -2.29. The van der Waals surface area contributed by atoms with E-state index >= 15 is 0 Å². The molecule has 22 heavy (non-hydrogen) atoms. The molecule has 1 fully saturated rings. The van der Waals surface area contributed by atoms with Crippen LogP contribution < -0.4 is 0 Å². The minimum absolute atomic E-state index is 0.398. The Kier molecular flexibility index (Phi) is 5.05. The maximum absolute atomic E-state index is 6.09. The summed E-state index contributed by atoms with van der Waals surface area (Å²) in [7, 11) is 0. The average molecular weight is 334 g/mol. The van der Waals surface area contributed by atoms with Crippen molar-refractivity contribution in [3.05, 3.63) is 63.4 Å². The molecule has 0 unspecified atom stereocenters. The third-order valence-electron chi connectivity index (χ3n) is 4.88. The molecule has 0 bridgehead atoms. The van der Waals surface area contributed by atoms with Gasteiger partial charge >= 0.3 is 0 Å². The maximum atomic E-state index is 6.09. The van der Waals surface area contributed by atoms with Crippen LogP contribution in [0.5, 0.6) is 0 Å². The molecule has 0 amide bonds. The normalized spacial score (nSPS) is 21.8. The highest BCUT2D eigenvalue weighted by Gasteiger charge is 2.24. The van der Waals surface area contributed by atoms with Crippen molar-refractivity contribution in [1.29, 1.82) is 0 Å². The Morgan fingerprint density at radius 2 is 1.55 bits per heavy atom. The average Bonchev–Trinajstić information content (AvgIpc) is 2.58. The van der Waals surface area contributed by atoms with Crippen molar-refractivity contribution in [2.45, 2.75) is 50.9 Å². The summed E-state index contributed by atoms with van der Waals surface area (Å²) in [5.74, 6) is 1.26. The molecule has 0 atom stereocenters. The Balaban J connectivity index is 1.65. The highest BCUT2D eigenvalue weighted by atomic mass is 35.5. The van der Waals surface area contributed by atoms with Crippen molar-refractivity contribution >= 4 is 23.2 Å². The van der Waals surface area contributed by atoms with E-state index < -0.39 is 0 Å². The molecule has 0 N–H and O–H groups in total. The first-order chi connectivity index (χ1) is 10.7. The van der Waals surface area contributed by atoms with Gasteiger partial charge in [0.05, 0.1) is 5.02 Å². The molecule has 0 spiro atoms. The van der Waals surface area contributed by atoms with E-state index in [0.717, 1.165) is 6.42 Å². The molecule has 2 aromatic rings. The van der Waals surface area contributed by atoms with Gasteiger partial charge in [0.25, 0.3) is 0 Å². The molecule has 3 heteroatoms. The molecule has 1 aliphatic carbocycles. The molecule has 0 saturated heterocycles. The SMILES string of the molecule is CCc1ccc(C2CCC(c3cnc(Cl)c(Cl)c3)CC2)cc1. The molecule has 1 saturated carbocycles. The van der Waals surface area contributed by atoms with Crippen LogP contribution in [0.2, 0.25) is 10.2 Å². The van der Waals surface area contributed by atoms with E-state index in [2.05, 4.69) is 36.2 Å². The Labute approximate surface area is 142 Å². The summed E-state index contributed by atoms with van der Waals surface area (Å²) in [6.07, 6.45) is 7.85. The van der Waals surface area contributed by atoms with Crippen LogP contribution in [-0.2, 0) is 6.42 Å². The van der Waals surface area contributed by atoms with Gasteiger partial charge in [-0.2, -0.15) is 0 Å². The third-order valence-corrected chi connectivity index (χ3v) is 5.56. The summed E-state index contributed by atoms with van der Waals surface area (Å²) >= 11 is 12.0. The van der Waals surface area contributed by atoms with Crippen LogP contribution in [-0.4, -0.2) is 4.98 Å². The van der Waals surface area contributed by atoms with E-state index in [-0.39, 0.29) is 0 Å². The fourth-order valence-electron chi connectivity index (χ4n) is 3.44. The second-order valence-corrected chi connectivity index (χ2v) is 6.95. The van der Waals surface area contributed by atoms with Gasteiger partial charge in [0.1, 0.15) is 5.15 Å². The Bertz CT molecular complexity index is 628. The highest BCUT2D eigenvalue weighted by molar-refractivity contribution is 6.41. The zero-order chi connectivity index (χ0) is 15.5.